The number of nitrogens with one attached hydrogen (secondary N) is 1. The van der Waals surface area contributed by atoms with Gasteiger partial charge in [-0.25, -0.2) is 0 Å². The molecule has 3 heteroatoms. The first-order valence-electron chi connectivity index (χ1n) is 7.83. The van der Waals surface area contributed by atoms with Crippen LogP contribution in [-0.4, -0.2) is 30.4 Å². The Kier molecular flexibility index (Phi) is 3.95. The van der Waals surface area contributed by atoms with Crippen molar-refractivity contribution in [2.75, 3.05) is 18.9 Å². The molecule has 1 amide bonds. The minimum Gasteiger partial charge on any atom is -0.373 e. The zero-order valence-corrected chi connectivity index (χ0v) is 12.3. The second-order valence-electron chi connectivity index (χ2n) is 6.28. The smallest absolute Gasteiger partial charge is 0.245 e. The van der Waals surface area contributed by atoms with Gasteiger partial charge in [-0.2, -0.15) is 0 Å². The highest BCUT2D eigenvalue weighted by Gasteiger charge is 2.29. The van der Waals surface area contributed by atoms with E-state index in [-0.39, 0.29) is 11.9 Å². The van der Waals surface area contributed by atoms with Gasteiger partial charge >= 0.3 is 0 Å². The summed E-state index contributed by atoms with van der Waals surface area (Å²) < 4.78 is 0. The zero-order valence-electron chi connectivity index (χ0n) is 12.3. The van der Waals surface area contributed by atoms with Crippen LogP contribution in [0.2, 0.25) is 0 Å². The largest absolute Gasteiger partial charge is 0.373 e. The molecule has 1 atom stereocenters. The Bertz CT molecular complexity index is 455. The Morgan fingerprint density at radius 1 is 1.25 bits per heavy atom. The number of anilines is 1. The number of rotatable bonds is 3. The third kappa shape index (κ3) is 2.82. The van der Waals surface area contributed by atoms with Crippen molar-refractivity contribution >= 4 is 11.6 Å². The van der Waals surface area contributed by atoms with E-state index in [1.54, 1.807) is 0 Å². The van der Waals surface area contributed by atoms with Crippen molar-refractivity contribution < 1.29 is 4.79 Å². The molecule has 0 aromatic heterocycles. The van der Waals surface area contributed by atoms with Gasteiger partial charge in [0.05, 0.1) is 0 Å². The molecule has 20 heavy (non-hydrogen) atoms. The Morgan fingerprint density at radius 2 is 2.00 bits per heavy atom. The predicted octanol–water partition coefficient (Wildman–Crippen LogP) is 3.06. The summed E-state index contributed by atoms with van der Waals surface area (Å²) in [5.74, 6) is 0.952. The van der Waals surface area contributed by atoms with Crippen LogP contribution < -0.4 is 5.32 Å². The number of carbonyl (C=O) groups excluding carboxylic acids is 1. The summed E-state index contributed by atoms with van der Waals surface area (Å²) in [4.78, 5) is 14.5. The lowest BCUT2D eigenvalue weighted by Gasteiger charge is -2.28. The van der Waals surface area contributed by atoms with Crippen molar-refractivity contribution in [1.82, 2.24) is 4.90 Å². The van der Waals surface area contributed by atoms with Crippen LogP contribution in [-0.2, 0) is 11.2 Å². The number of hydrogen-bond donors (Lipinski definition) is 1. The molecule has 0 radical (unpaired) electrons. The maximum absolute atomic E-state index is 12.6. The molecule has 3 nitrogen and oxygen atoms in total. The molecule has 0 unspecified atom stereocenters. The lowest BCUT2D eigenvalue weighted by atomic mass is 9.89. The molecule has 108 valence electrons. The van der Waals surface area contributed by atoms with Crippen LogP contribution >= 0.6 is 0 Å². The number of likely N-dealkylation sites (N-methyl/N-ethyl adjacent to an activating group) is 1. The molecule has 0 bridgehead atoms. The van der Waals surface area contributed by atoms with Gasteiger partial charge in [-0.1, -0.05) is 37.5 Å². The molecule has 0 saturated heterocycles. The molecule has 0 spiro atoms. The van der Waals surface area contributed by atoms with Crippen LogP contribution in [0.3, 0.4) is 0 Å². The van der Waals surface area contributed by atoms with Crippen LogP contribution in [0, 0.1) is 5.92 Å². The summed E-state index contributed by atoms with van der Waals surface area (Å²) in [6.45, 7) is 0.924. The van der Waals surface area contributed by atoms with E-state index >= 15 is 0 Å². The van der Waals surface area contributed by atoms with Gasteiger partial charge in [0.15, 0.2) is 0 Å². The highest BCUT2D eigenvalue weighted by molar-refractivity contribution is 5.87. The first-order chi connectivity index (χ1) is 9.74. The number of carbonyl (C=O) groups is 1. The van der Waals surface area contributed by atoms with Gasteiger partial charge in [0, 0.05) is 25.7 Å². The fraction of sp³-hybridized carbons (Fsp3) is 0.588. The fourth-order valence-electron chi connectivity index (χ4n) is 3.56. The molecule has 3 rings (SSSR count). The summed E-state index contributed by atoms with van der Waals surface area (Å²) in [5, 5.41) is 3.36. The van der Waals surface area contributed by atoms with Crippen LogP contribution in [0.4, 0.5) is 5.69 Å². The van der Waals surface area contributed by atoms with Crippen LogP contribution in [0.5, 0.6) is 0 Å². The molecule has 1 saturated carbocycles. The quantitative estimate of drug-likeness (QED) is 0.917. The van der Waals surface area contributed by atoms with Gasteiger partial charge in [0.1, 0.15) is 6.04 Å². The average molecular weight is 272 g/mol. The van der Waals surface area contributed by atoms with Gasteiger partial charge in [-0.3, -0.25) is 4.79 Å². The van der Waals surface area contributed by atoms with Gasteiger partial charge in [0.25, 0.3) is 0 Å². The van der Waals surface area contributed by atoms with E-state index in [9.17, 15) is 4.79 Å². The number of hydrogen-bond acceptors (Lipinski definition) is 2. The molecule has 1 aromatic rings. The van der Waals surface area contributed by atoms with E-state index in [0.29, 0.717) is 5.92 Å². The van der Waals surface area contributed by atoms with Gasteiger partial charge in [-0.05, 0) is 30.4 Å². The number of nitrogens with zero attached hydrogens (tertiary/aromatic N) is 1. The van der Waals surface area contributed by atoms with E-state index in [4.69, 9.17) is 0 Å². The third-order valence-corrected chi connectivity index (χ3v) is 4.70. The maximum atomic E-state index is 12.6. The number of benzene rings is 1. The molecule has 1 fully saturated rings. The lowest BCUT2D eigenvalue weighted by Crippen LogP contribution is -2.42. The number of fused-ring (bicyclic) bond motifs is 1. The predicted molar refractivity (Wildman–Crippen MR) is 81.8 cm³/mol. The Hall–Kier alpha value is -1.51. The molecule has 1 aliphatic heterocycles. The molecular weight excluding hydrogens is 248 g/mol. The average Bonchev–Trinajstić information content (AvgIpc) is 2.91. The normalized spacial score (nSPS) is 22.1. The first kappa shape index (κ1) is 13.5. The third-order valence-electron chi connectivity index (χ3n) is 4.70. The number of para-hydroxylation sites is 1. The SMILES string of the molecule is CN(CC1CCCCC1)C(=O)[C@@H]1Cc2ccccc2N1. The van der Waals surface area contributed by atoms with Crippen LogP contribution in [0.1, 0.15) is 37.7 Å². The molecule has 1 aromatic carbocycles. The summed E-state index contributed by atoms with van der Waals surface area (Å²) in [6, 6.07) is 8.16. The van der Waals surface area contributed by atoms with Crippen molar-refractivity contribution in [1.29, 1.82) is 0 Å². The summed E-state index contributed by atoms with van der Waals surface area (Å²) >= 11 is 0. The fourth-order valence-corrected chi connectivity index (χ4v) is 3.56. The van der Waals surface area contributed by atoms with E-state index in [1.165, 1.54) is 37.7 Å². The van der Waals surface area contributed by atoms with Crippen molar-refractivity contribution in [3.8, 4) is 0 Å². The van der Waals surface area contributed by atoms with Gasteiger partial charge in [0.2, 0.25) is 5.91 Å². The Balaban J connectivity index is 1.57. The highest BCUT2D eigenvalue weighted by atomic mass is 16.2. The first-order valence-corrected chi connectivity index (χ1v) is 7.83. The monoisotopic (exact) mass is 272 g/mol. The van der Waals surface area contributed by atoms with Crippen LogP contribution in [0.15, 0.2) is 24.3 Å². The Morgan fingerprint density at radius 3 is 2.75 bits per heavy atom. The Labute approximate surface area is 121 Å². The van der Waals surface area contributed by atoms with E-state index in [0.717, 1.165) is 18.7 Å². The molecule has 1 heterocycles. The standard InChI is InChI=1S/C17H24N2O/c1-19(12-13-7-3-2-4-8-13)17(20)16-11-14-9-5-6-10-15(14)18-16/h5-6,9-10,13,16,18H,2-4,7-8,11-12H2,1H3/t16-/m0/s1. The summed E-state index contributed by atoms with van der Waals surface area (Å²) in [7, 11) is 1.96. The molecular formula is C17H24N2O. The summed E-state index contributed by atoms with van der Waals surface area (Å²) in [5.41, 5.74) is 2.38. The van der Waals surface area contributed by atoms with Crippen molar-refractivity contribution in [2.45, 2.75) is 44.6 Å². The van der Waals surface area contributed by atoms with Crippen LogP contribution in [0.25, 0.3) is 0 Å². The van der Waals surface area contributed by atoms with E-state index in [1.807, 2.05) is 24.1 Å². The molecule has 2 aliphatic rings. The summed E-state index contributed by atoms with van der Waals surface area (Å²) in [6.07, 6.45) is 7.43. The minimum absolute atomic E-state index is 0.0685. The van der Waals surface area contributed by atoms with E-state index in [2.05, 4.69) is 17.4 Å². The highest BCUT2D eigenvalue weighted by Crippen LogP contribution is 2.27. The van der Waals surface area contributed by atoms with Gasteiger partial charge in [-0.15, -0.1) is 0 Å². The van der Waals surface area contributed by atoms with Crippen molar-refractivity contribution in [3.63, 3.8) is 0 Å². The maximum Gasteiger partial charge on any atom is 0.245 e. The second kappa shape index (κ2) is 5.86. The minimum atomic E-state index is -0.0685. The second-order valence-corrected chi connectivity index (χ2v) is 6.28. The van der Waals surface area contributed by atoms with Crippen molar-refractivity contribution in [2.24, 2.45) is 5.92 Å². The molecule has 1 N–H and O–H groups in total. The van der Waals surface area contributed by atoms with E-state index < -0.39 is 0 Å². The lowest BCUT2D eigenvalue weighted by molar-refractivity contribution is -0.131. The topological polar surface area (TPSA) is 32.3 Å². The molecule has 1 aliphatic carbocycles. The zero-order chi connectivity index (χ0) is 13.9. The van der Waals surface area contributed by atoms with Crippen molar-refractivity contribution in [3.05, 3.63) is 29.8 Å². The van der Waals surface area contributed by atoms with Gasteiger partial charge < -0.3 is 10.2 Å². The number of amides is 1.